The van der Waals surface area contributed by atoms with Crippen LogP contribution < -0.4 is 43.8 Å². The maximum atomic E-state index is 14.2. The second-order valence-electron chi connectivity index (χ2n) is 15.6. The van der Waals surface area contributed by atoms with Gasteiger partial charge in [-0.2, -0.15) is 11.8 Å². The maximum Gasteiger partial charge on any atom is 0.245 e. The van der Waals surface area contributed by atoms with Crippen molar-refractivity contribution in [2.75, 3.05) is 31.7 Å². The molecule has 0 spiro atoms. The first kappa shape index (κ1) is 50.0. The second kappa shape index (κ2) is 24.8. The van der Waals surface area contributed by atoms with Crippen LogP contribution in [0.1, 0.15) is 78.2 Å². The van der Waals surface area contributed by atoms with Gasteiger partial charge in [-0.05, 0) is 48.5 Å². The quantitative estimate of drug-likeness (QED) is 0.0618. The number of nitrogens with zero attached hydrogens (tertiary/aromatic N) is 2. The number of thioether (sulfide) groups is 1. The molecule has 0 bridgehead atoms. The number of hydrogen-bond acceptors (Lipinski definition) is 10. The number of carbonyl (C=O) groups excluding carboxylic acids is 7. The van der Waals surface area contributed by atoms with Crippen molar-refractivity contribution in [1.29, 1.82) is 0 Å². The van der Waals surface area contributed by atoms with Crippen molar-refractivity contribution < 1.29 is 38.7 Å². The Labute approximate surface area is 361 Å². The largest absolute Gasteiger partial charge is 0.394 e. The first-order valence-corrected chi connectivity index (χ1v) is 22.0. The fraction of sp³-hybridized carbons (Fsp3) is 0.610. The van der Waals surface area contributed by atoms with E-state index in [2.05, 4.69) is 36.6 Å². The van der Waals surface area contributed by atoms with Crippen LogP contribution in [0.3, 0.4) is 0 Å². The lowest BCUT2D eigenvalue weighted by Crippen LogP contribution is -2.62. The normalized spacial score (nSPS) is 22.9. The number of aliphatic imine (C=N–C) groups is 1. The summed E-state index contributed by atoms with van der Waals surface area (Å²) in [6.07, 6.45) is 3.02. The Morgan fingerprint density at radius 2 is 1.49 bits per heavy atom. The van der Waals surface area contributed by atoms with Gasteiger partial charge in [-0.1, -0.05) is 58.7 Å². The zero-order valence-corrected chi connectivity index (χ0v) is 36.6. The lowest BCUT2D eigenvalue weighted by molar-refractivity contribution is -0.139. The number of benzene rings is 1. The van der Waals surface area contributed by atoms with Gasteiger partial charge in [0.15, 0.2) is 5.96 Å². The number of fused-ring (bicyclic) bond motifs is 1. The second-order valence-corrected chi connectivity index (χ2v) is 16.8. The standard InChI is InChI=1S/C41H65N11O8S/c1-6-23(3)34-38(58)49-31(20-32(42)54)36(56)48-29(40(60)52(5)26(22-53)11-10-16-45-41(43)44)14-17-61-18-15-33(55)47-30(19-25-21-46-28-13-9-8-12-27(25)28)37(57)50-35(24(4)7-2)39(59)51-34/h8-9,12-13,21,23-24,26,29-31,34-35,46,53H,6-7,10-11,14-20,22H2,1-5H3,(H2,42,54)(H,47,55)(H,48,56)(H,49,58)(H,50,57)(H,51,59)(H4,43,44,45). The molecule has 0 radical (unpaired) electrons. The van der Waals surface area contributed by atoms with E-state index >= 15 is 0 Å². The smallest absolute Gasteiger partial charge is 0.245 e. The minimum absolute atomic E-state index is 0.00810. The van der Waals surface area contributed by atoms with Crippen LogP contribution in [0.25, 0.3) is 10.9 Å². The summed E-state index contributed by atoms with van der Waals surface area (Å²) in [5.74, 6) is -5.18. The van der Waals surface area contributed by atoms with Crippen molar-refractivity contribution in [2.45, 2.75) is 115 Å². The van der Waals surface area contributed by atoms with Gasteiger partial charge in [0, 0.05) is 49.3 Å². The highest BCUT2D eigenvalue weighted by atomic mass is 32.2. The van der Waals surface area contributed by atoms with Crippen molar-refractivity contribution in [1.82, 2.24) is 36.5 Å². The monoisotopic (exact) mass is 871 g/mol. The molecule has 61 heavy (non-hydrogen) atoms. The van der Waals surface area contributed by atoms with Gasteiger partial charge in [0.1, 0.15) is 30.2 Å². The molecule has 8 atom stereocenters. The number of H-pyrrole nitrogens is 1. The molecule has 8 unspecified atom stereocenters. The van der Waals surface area contributed by atoms with E-state index in [9.17, 15) is 38.7 Å². The van der Waals surface area contributed by atoms with Gasteiger partial charge in [0.25, 0.3) is 0 Å². The summed E-state index contributed by atoms with van der Waals surface area (Å²) < 4.78 is 0. The van der Waals surface area contributed by atoms with E-state index in [0.717, 1.165) is 16.5 Å². The number of nitrogens with two attached hydrogens (primary N) is 3. The molecule has 13 N–H and O–H groups in total. The van der Waals surface area contributed by atoms with Crippen LogP contribution in [0.15, 0.2) is 35.5 Å². The molecular formula is C41H65N11O8S. The predicted molar refractivity (Wildman–Crippen MR) is 234 cm³/mol. The number of aliphatic hydroxyl groups excluding tert-OH is 1. The summed E-state index contributed by atoms with van der Waals surface area (Å²) in [5.41, 5.74) is 18.0. The zero-order chi connectivity index (χ0) is 45.2. The van der Waals surface area contributed by atoms with E-state index in [1.165, 1.54) is 23.7 Å². The van der Waals surface area contributed by atoms with Crippen molar-refractivity contribution in [3.05, 3.63) is 36.0 Å². The number of guanidine groups is 1. The summed E-state index contributed by atoms with van der Waals surface area (Å²) >= 11 is 1.34. The number of aliphatic hydroxyl groups is 1. The fourth-order valence-electron chi connectivity index (χ4n) is 6.93. The van der Waals surface area contributed by atoms with E-state index < -0.39 is 102 Å². The Balaban J connectivity index is 2.02. The van der Waals surface area contributed by atoms with Gasteiger partial charge < -0.3 is 58.8 Å². The molecule has 20 heteroatoms. The highest BCUT2D eigenvalue weighted by Gasteiger charge is 2.37. The summed E-state index contributed by atoms with van der Waals surface area (Å²) in [6, 6.07) is 0.765. The third-order valence-corrected chi connectivity index (χ3v) is 12.1. The number of carbonyl (C=O) groups is 7. The Morgan fingerprint density at radius 1 is 0.869 bits per heavy atom. The van der Waals surface area contributed by atoms with E-state index in [4.69, 9.17) is 17.2 Å². The maximum absolute atomic E-state index is 14.2. The molecule has 1 saturated heterocycles. The van der Waals surface area contributed by atoms with Gasteiger partial charge in [-0.15, -0.1) is 0 Å². The lowest BCUT2D eigenvalue weighted by atomic mass is 9.94. The molecule has 2 heterocycles. The molecule has 2 aromatic rings. The van der Waals surface area contributed by atoms with Crippen LogP contribution in [0.5, 0.6) is 0 Å². The Bertz CT molecular complexity index is 1850. The van der Waals surface area contributed by atoms with Gasteiger partial charge in [-0.25, -0.2) is 0 Å². The number of aromatic nitrogens is 1. The first-order valence-electron chi connectivity index (χ1n) is 20.9. The number of amides is 7. The molecule has 7 amide bonds. The number of aromatic amines is 1. The molecule has 1 aliphatic rings. The van der Waals surface area contributed by atoms with E-state index in [0.29, 0.717) is 25.7 Å². The molecule has 1 aromatic carbocycles. The summed E-state index contributed by atoms with van der Waals surface area (Å²) in [6.45, 7) is 7.05. The van der Waals surface area contributed by atoms with Crippen LogP contribution in [-0.4, -0.2) is 130 Å². The molecule has 0 saturated carbocycles. The number of hydrogen-bond donors (Lipinski definition) is 10. The van der Waals surface area contributed by atoms with E-state index in [1.54, 1.807) is 20.0 Å². The average molecular weight is 872 g/mol. The van der Waals surface area contributed by atoms with Gasteiger partial charge in [0.05, 0.1) is 19.1 Å². The lowest BCUT2D eigenvalue weighted by Gasteiger charge is -2.32. The minimum atomic E-state index is -1.53. The number of nitrogens with one attached hydrogen (secondary N) is 6. The molecule has 1 aliphatic heterocycles. The Kier molecular flexibility index (Phi) is 20.3. The van der Waals surface area contributed by atoms with Crippen LogP contribution in [0.2, 0.25) is 0 Å². The zero-order valence-electron chi connectivity index (χ0n) is 35.8. The highest BCUT2D eigenvalue weighted by Crippen LogP contribution is 2.21. The highest BCUT2D eigenvalue weighted by molar-refractivity contribution is 7.99. The van der Waals surface area contributed by atoms with Crippen molar-refractivity contribution >= 4 is 70.0 Å². The molecule has 338 valence electrons. The summed E-state index contributed by atoms with van der Waals surface area (Å²) in [4.78, 5) is 105. The van der Waals surface area contributed by atoms with E-state index in [-0.39, 0.29) is 43.3 Å². The number of likely N-dealkylation sites (N-methyl/N-ethyl adjacent to an activating group) is 1. The fourth-order valence-corrected chi connectivity index (χ4v) is 7.87. The average Bonchev–Trinajstić information content (AvgIpc) is 3.64. The van der Waals surface area contributed by atoms with Crippen molar-refractivity contribution in [3.63, 3.8) is 0 Å². The third kappa shape index (κ3) is 15.2. The third-order valence-electron chi connectivity index (χ3n) is 11.1. The van der Waals surface area contributed by atoms with Gasteiger partial charge in [0.2, 0.25) is 41.4 Å². The molecule has 19 nitrogen and oxygen atoms in total. The minimum Gasteiger partial charge on any atom is -0.394 e. The van der Waals surface area contributed by atoms with Crippen molar-refractivity contribution in [3.8, 4) is 0 Å². The molecular weight excluding hydrogens is 807 g/mol. The van der Waals surface area contributed by atoms with Crippen LogP contribution >= 0.6 is 11.8 Å². The topological polar surface area (TPSA) is 309 Å². The Morgan fingerprint density at radius 3 is 2.11 bits per heavy atom. The van der Waals surface area contributed by atoms with Crippen molar-refractivity contribution in [2.24, 2.45) is 34.0 Å². The van der Waals surface area contributed by atoms with Crippen LogP contribution in [0, 0.1) is 11.8 Å². The Hall–Kier alpha value is -5.37. The van der Waals surface area contributed by atoms with Crippen LogP contribution in [0.4, 0.5) is 0 Å². The molecule has 1 fully saturated rings. The molecule has 3 rings (SSSR count). The number of rotatable bonds is 15. The predicted octanol–water partition coefficient (Wildman–Crippen LogP) is -0.498. The number of primary amides is 1. The first-order chi connectivity index (χ1) is 29.0. The van der Waals surface area contributed by atoms with Crippen LogP contribution in [-0.2, 0) is 40.0 Å². The van der Waals surface area contributed by atoms with Gasteiger partial charge in [-0.3, -0.25) is 38.6 Å². The molecule has 1 aromatic heterocycles. The summed E-state index contributed by atoms with van der Waals surface area (Å²) in [7, 11) is 1.49. The molecule has 0 aliphatic carbocycles. The van der Waals surface area contributed by atoms with E-state index in [1.807, 2.05) is 38.1 Å². The SMILES string of the molecule is CCC(C)C1NC(=O)C(Cc2c[nH]c3ccccc23)NC(=O)CCSCCC(C(=O)N(C)C(CO)CCCN=C(N)N)NC(=O)C(CC(N)=O)NC(=O)C(C(C)CC)NC1=O. The number of para-hydroxylation sites is 1. The van der Waals surface area contributed by atoms with Gasteiger partial charge >= 0.3 is 0 Å². The summed E-state index contributed by atoms with van der Waals surface area (Å²) in [5, 5.41) is 24.8.